The minimum Gasteiger partial charge on any atom is -0.490 e. The van der Waals surface area contributed by atoms with E-state index in [0.29, 0.717) is 19.6 Å². The summed E-state index contributed by atoms with van der Waals surface area (Å²) in [5.41, 5.74) is 2.45. The molecular weight excluding hydrogens is 485 g/mol. The Hall–Kier alpha value is -2.85. The van der Waals surface area contributed by atoms with E-state index in [4.69, 9.17) is 15.3 Å². The van der Waals surface area contributed by atoms with Crippen LogP contribution in [0.5, 0.6) is 11.5 Å². The molecular formula is C24H28ClF3N4O3. The summed E-state index contributed by atoms with van der Waals surface area (Å²) < 4.78 is 49.4. The summed E-state index contributed by atoms with van der Waals surface area (Å²) in [5, 5.41) is 1.71. The molecule has 2 atom stereocenters. The SMILES string of the molecule is CC12CN(C(=O)C(F)(F)F)CCC1N1CCOc3cccc2c31.Cl.NN1CCOc2ccccc21. The molecule has 2 aromatic rings. The maximum atomic E-state index is 12.8. The fourth-order valence-electron chi connectivity index (χ4n) is 5.56. The lowest BCUT2D eigenvalue weighted by molar-refractivity contribution is -0.187. The van der Waals surface area contributed by atoms with Gasteiger partial charge in [-0.1, -0.05) is 31.2 Å². The predicted octanol–water partition coefficient (Wildman–Crippen LogP) is 3.50. The second-order valence-corrected chi connectivity index (χ2v) is 9.15. The Morgan fingerprint density at radius 2 is 1.71 bits per heavy atom. The summed E-state index contributed by atoms with van der Waals surface area (Å²) in [5.74, 6) is 5.63. The number of fused-ring (bicyclic) bond motifs is 4. The molecule has 1 fully saturated rings. The number of ether oxygens (including phenoxy) is 2. The first-order valence-electron chi connectivity index (χ1n) is 11.3. The molecule has 0 spiro atoms. The molecule has 35 heavy (non-hydrogen) atoms. The van der Waals surface area contributed by atoms with Gasteiger partial charge in [0.25, 0.3) is 0 Å². The highest BCUT2D eigenvalue weighted by Gasteiger charge is 2.55. The second kappa shape index (κ2) is 9.31. The smallest absolute Gasteiger partial charge is 0.471 e. The summed E-state index contributed by atoms with van der Waals surface area (Å²) >= 11 is 0. The number of rotatable bonds is 0. The van der Waals surface area contributed by atoms with Crippen molar-refractivity contribution in [3.05, 3.63) is 48.0 Å². The van der Waals surface area contributed by atoms with Gasteiger partial charge in [0, 0.05) is 24.5 Å². The number of hydrogen-bond donors (Lipinski definition) is 1. The van der Waals surface area contributed by atoms with Crippen molar-refractivity contribution in [2.75, 3.05) is 49.3 Å². The number of piperidine rings is 1. The number of carbonyl (C=O) groups excluding carboxylic acids is 1. The van der Waals surface area contributed by atoms with E-state index in [-0.39, 0.29) is 31.5 Å². The molecule has 7 nitrogen and oxygen atoms in total. The molecule has 0 saturated carbocycles. The number of nitrogens with two attached hydrogens (primary N) is 1. The van der Waals surface area contributed by atoms with Crippen LogP contribution in [0.2, 0.25) is 0 Å². The lowest BCUT2D eigenvalue weighted by Gasteiger charge is -2.45. The van der Waals surface area contributed by atoms with Gasteiger partial charge >= 0.3 is 12.1 Å². The zero-order valence-corrected chi connectivity index (χ0v) is 20.1. The van der Waals surface area contributed by atoms with Gasteiger partial charge in [-0.15, -0.1) is 12.4 Å². The molecule has 0 aliphatic carbocycles. The van der Waals surface area contributed by atoms with Crippen LogP contribution in [-0.2, 0) is 10.2 Å². The Bertz CT molecular complexity index is 1100. The molecule has 2 aromatic carbocycles. The van der Waals surface area contributed by atoms with E-state index >= 15 is 0 Å². The zero-order chi connectivity index (χ0) is 24.1. The number of halogens is 4. The number of nitrogens with zero attached hydrogens (tertiary/aromatic N) is 3. The summed E-state index contributed by atoms with van der Waals surface area (Å²) in [4.78, 5) is 14.9. The third kappa shape index (κ3) is 4.33. The van der Waals surface area contributed by atoms with Crippen molar-refractivity contribution in [3.8, 4) is 11.5 Å². The fourth-order valence-corrected chi connectivity index (χ4v) is 5.56. The normalized spacial score (nSPS) is 23.9. The number of benzene rings is 2. The quantitative estimate of drug-likeness (QED) is 0.545. The molecule has 4 heterocycles. The topological polar surface area (TPSA) is 71.3 Å². The van der Waals surface area contributed by atoms with E-state index in [2.05, 4.69) is 4.90 Å². The predicted molar refractivity (Wildman–Crippen MR) is 128 cm³/mol. The van der Waals surface area contributed by atoms with Crippen molar-refractivity contribution in [2.24, 2.45) is 5.84 Å². The Labute approximate surface area is 207 Å². The average Bonchev–Trinajstić information content (AvgIpc) is 3.08. The number of carbonyl (C=O) groups is 1. The Morgan fingerprint density at radius 1 is 1.03 bits per heavy atom. The van der Waals surface area contributed by atoms with Gasteiger partial charge in [0.2, 0.25) is 0 Å². The van der Waals surface area contributed by atoms with Gasteiger partial charge in [-0.2, -0.15) is 13.2 Å². The molecule has 1 amide bonds. The van der Waals surface area contributed by atoms with Crippen LogP contribution in [0, 0.1) is 0 Å². The van der Waals surface area contributed by atoms with Crippen LogP contribution >= 0.6 is 12.4 Å². The van der Waals surface area contributed by atoms with Crippen LogP contribution in [-0.4, -0.2) is 62.4 Å². The van der Waals surface area contributed by atoms with Crippen molar-refractivity contribution in [2.45, 2.75) is 31.0 Å². The third-order valence-electron chi connectivity index (χ3n) is 7.09. The minimum atomic E-state index is -4.82. The number of alkyl halides is 3. The van der Waals surface area contributed by atoms with Gasteiger partial charge in [-0.3, -0.25) is 4.79 Å². The van der Waals surface area contributed by atoms with E-state index in [1.807, 2.05) is 49.4 Å². The van der Waals surface area contributed by atoms with Crippen LogP contribution in [0.1, 0.15) is 18.9 Å². The van der Waals surface area contributed by atoms with Gasteiger partial charge in [0.05, 0.1) is 24.5 Å². The average molecular weight is 513 g/mol. The Balaban J connectivity index is 0.000000203. The molecule has 2 unspecified atom stereocenters. The number of hydrogen-bond acceptors (Lipinski definition) is 6. The number of anilines is 2. The second-order valence-electron chi connectivity index (χ2n) is 9.15. The maximum Gasteiger partial charge on any atom is 0.471 e. The number of hydrazine groups is 1. The summed E-state index contributed by atoms with van der Waals surface area (Å²) in [6.07, 6.45) is -4.28. The highest BCUT2D eigenvalue weighted by molar-refractivity contribution is 5.85. The lowest BCUT2D eigenvalue weighted by atomic mass is 9.74. The summed E-state index contributed by atoms with van der Waals surface area (Å²) in [6.45, 7) is 4.93. The van der Waals surface area contributed by atoms with Crippen LogP contribution in [0.3, 0.4) is 0 Å². The molecule has 0 aromatic heterocycles. The van der Waals surface area contributed by atoms with E-state index in [1.54, 1.807) is 5.01 Å². The van der Waals surface area contributed by atoms with E-state index in [1.165, 1.54) is 0 Å². The zero-order valence-electron chi connectivity index (χ0n) is 19.3. The number of para-hydroxylation sites is 3. The molecule has 1 saturated heterocycles. The molecule has 6 rings (SSSR count). The molecule has 11 heteroatoms. The van der Waals surface area contributed by atoms with Gasteiger partial charge in [0.1, 0.15) is 24.7 Å². The third-order valence-corrected chi connectivity index (χ3v) is 7.09. The summed E-state index contributed by atoms with van der Waals surface area (Å²) in [6, 6.07) is 13.6. The lowest BCUT2D eigenvalue weighted by Crippen LogP contribution is -2.59. The van der Waals surface area contributed by atoms with Crippen LogP contribution in [0.25, 0.3) is 0 Å². The molecule has 0 radical (unpaired) electrons. The van der Waals surface area contributed by atoms with E-state index < -0.39 is 17.5 Å². The van der Waals surface area contributed by atoms with Crippen molar-refractivity contribution in [1.29, 1.82) is 0 Å². The van der Waals surface area contributed by atoms with Crippen LogP contribution in [0.4, 0.5) is 24.5 Å². The van der Waals surface area contributed by atoms with Gasteiger partial charge in [-0.25, -0.2) is 5.84 Å². The first-order chi connectivity index (χ1) is 16.2. The van der Waals surface area contributed by atoms with Gasteiger partial charge in [-0.05, 0) is 30.2 Å². The van der Waals surface area contributed by atoms with Crippen molar-refractivity contribution in [3.63, 3.8) is 0 Å². The highest BCUT2D eigenvalue weighted by atomic mass is 35.5. The standard InChI is InChI=1S/C16H17F3N2O2.C8H10N2O.ClH/c1-15-9-20(14(22)16(17,18)19)6-5-12(15)21-7-8-23-11-4-2-3-10(15)13(11)21;9-10-5-6-11-8-4-2-1-3-7(8)10;/h2-4,12H,5-9H2,1H3;1-4H,5-6,9H2;1H. The van der Waals surface area contributed by atoms with E-state index in [9.17, 15) is 18.0 Å². The van der Waals surface area contributed by atoms with Crippen LogP contribution in [0.15, 0.2) is 42.5 Å². The van der Waals surface area contributed by atoms with Gasteiger partial charge in [0.15, 0.2) is 0 Å². The Morgan fingerprint density at radius 3 is 2.46 bits per heavy atom. The first-order valence-corrected chi connectivity index (χ1v) is 11.3. The molecule has 0 bridgehead atoms. The Kier molecular flexibility index (Phi) is 6.72. The minimum absolute atomic E-state index is 0. The van der Waals surface area contributed by atoms with E-state index in [0.717, 1.165) is 46.4 Å². The van der Waals surface area contributed by atoms with Gasteiger partial charge < -0.3 is 24.3 Å². The van der Waals surface area contributed by atoms with Crippen LogP contribution < -0.4 is 25.2 Å². The first kappa shape index (κ1) is 25.2. The monoisotopic (exact) mass is 512 g/mol. The molecule has 4 aliphatic rings. The number of likely N-dealkylation sites (tertiary alicyclic amines) is 1. The van der Waals surface area contributed by atoms with Crippen molar-refractivity contribution >= 4 is 29.7 Å². The summed E-state index contributed by atoms with van der Waals surface area (Å²) in [7, 11) is 0. The molecule has 190 valence electrons. The van der Waals surface area contributed by atoms with Crippen molar-refractivity contribution < 1.29 is 27.4 Å². The largest absolute Gasteiger partial charge is 0.490 e. The fraction of sp³-hybridized carbons (Fsp3) is 0.458. The highest BCUT2D eigenvalue weighted by Crippen LogP contribution is 2.53. The molecule has 4 aliphatic heterocycles. The van der Waals surface area contributed by atoms with Crippen molar-refractivity contribution in [1.82, 2.24) is 4.90 Å². The molecule has 2 N–H and O–H groups in total. The number of amides is 1. The maximum absolute atomic E-state index is 12.8.